The van der Waals surface area contributed by atoms with Gasteiger partial charge >= 0.3 is 5.97 Å². The van der Waals surface area contributed by atoms with Gasteiger partial charge in [0.05, 0.1) is 24.4 Å². The number of benzene rings is 2. The molecule has 0 bridgehead atoms. The average molecular weight is 466 g/mol. The molecule has 1 atom stereocenters. The molecule has 2 aromatic carbocycles. The highest BCUT2D eigenvalue weighted by molar-refractivity contribution is 5.96. The topological polar surface area (TPSA) is 93.7 Å². The number of unbranched alkanes of at least 4 members (excludes halogenated alkanes) is 2. The minimum absolute atomic E-state index is 0.210. The lowest BCUT2D eigenvalue weighted by atomic mass is 10.2. The van der Waals surface area contributed by atoms with Gasteiger partial charge in [-0.2, -0.15) is 0 Å². The zero-order chi connectivity index (χ0) is 24.4. The number of hydrogen-bond donors (Lipinski definition) is 2. The summed E-state index contributed by atoms with van der Waals surface area (Å²) in [5.74, 6) is -6.49. The number of rotatable bonds is 11. The van der Waals surface area contributed by atoms with Crippen LogP contribution in [-0.2, 0) is 14.3 Å². The van der Waals surface area contributed by atoms with Gasteiger partial charge in [0.1, 0.15) is 5.75 Å². The second-order valence-electron chi connectivity index (χ2n) is 7.12. The molecule has 7 nitrogen and oxygen atoms in total. The molecule has 2 N–H and O–H groups in total. The maximum atomic E-state index is 13.6. The molecule has 0 fully saturated rings. The molecule has 0 spiro atoms. The van der Waals surface area contributed by atoms with Crippen molar-refractivity contribution in [1.29, 1.82) is 0 Å². The molecule has 10 heteroatoms. The molecule has 0 aliphatic rings. The second kappa shape index (κ2) is 12.5. The first-order chi connectivity index (χ1) is 15.7. The second-order valence-corrected chi connectivity index (χ2v) is 7.12. The molecular formula is C23H25F3N2O5. The molecule has 2 rings (SSSR count). The Hall–Kier alpha value is -3.56. The van der Waals surface area contributed by atoms with Crippen LogP contribution in [0.25, 0.3) is 0 Å². The number of amides is 2. The number of halogens is 3. The van der Waals surface area contributed by atoms with E-state index in [0.717, 1.165) is 25.3 Å². The summed E-state index contributed by atoms with van der Waals surface area (Å²) >= 11 is 0. The smallest absolute Gasteiger partial charge is 0.338 e. The Balaban J connectivity index is 1.79. The number of carbonyl (C=O) groups is 3. The third kappa shape index (κ3) is 7.81. The minimum Gasteiger partial charge on any atom is -0.494 e. The first-order valence-corrected chi connectivity index (χ1v) is 10.4. The van der Waals surface area contributed by atoms with E-state index in [1.165, 1.54) is 19.1 Å². The third-order valence-corrected chi connectivity index (χ3v) is 4.49. The third-order valence-electron chi connectivity index (χ3n) is 4.49. The number of hydrogen-bond acceptors (Lipinski definition) is 5. The van der Waals surface area contributed by atoms with Gasteiger partial charge in [0.25, 0.3) is 5.91 Å². The van der Waals surface area contributed by atoms with Crippen LogP contribution < -0.4 is 15.4 Å². The van der Waals surface area contributed by atoms with Gasteiger partial charge in [-0.15, -0.1) is 0 Å². The van der Waals surface area contributed by atoms with Crippen molar-refractivity contribution in [2.24, 2.45) is 0 Å². The van der Waals surface area contributed by atoms with Crippen molar-refractivity contribution in [2.45, 2.75) is 39.2 Å². The zero-order valence-electron chi connectivity index (χ0n) is 18.3. The molecule has 33 heavy (non-hydrogen) atoms. The lowest BCUT2D eigenvalue weighted by Gasteiger charge is -2.14. The predicted molar refractivity (Wildman–Crippen MR) is 114 cm³/mol. The van der Waals surface area contributed by atoms with Crippen LogP contribution in [0.2, 0.25) is 0 Å². The van der Waals surface area contributed by atoms with E-state index in [-0.39, 0.29) is 5.56 Å². The summed E-state index contributed by atoms with van der Waals surface area (Å²) < 4.78 is 50.4. The molecular weight excluding hydrogens is 441 g/mol. The van der Waals surface area contributed by atoms with Gasteiger partial charge in [-0.05, 0) is 49.7 Å². The lowest BCUT2D eigenvalue weighted by molar-refractivity contribution is -0.130. The summed E-state index contributed by atoms with van der Waals surface area (Å²) in [5, 5.41) is 4.22. The molecule has 0 aliphatic carbocycles. The summed E-state index contributed by atoms with van der Waals surface area (Å²) in [6, 6.07) is 7.75. The lowest BCUT2D eigenvalue weighted by Crippen LogP contribution is -2.40. The summed E-state index contributed by atoms with van der Waals surface area (Å²) in [6.45, 7) is 3.37. The molecule has 178 valence electrons. The van der Waals surface area contributed by atoms with E-state index < -0.39 is 53.6 Å². The Labute approximate surface area is 189 Å². The van der Waals surface area contributed by atoms with Gasteiger partial charge in [-0.3, -0.25) is 9.59 Å². The first-order valence-electron chi connectivity index (χ1n) is 10.4. The predicted octanol–water partition coefficient (Wildman–Crippen LogP) is 3.97. The van der Waals surface area contributed by atoms with Crippen molar-refractivity contribution in [3.8, 4) is 5.75 Å². The average Bonchev–Trinajstić information content (AvgIpc) is 2.81. The molecule has 0 radical (unpaired) electrons. The fourth-order valence-electron chi connectivity index (χ4n) is 2.64. The van der Waals surface area contributed by atoms with Crippen molar-refractivity contribution in [3.63, 3.8) is 0 Å². The van der Waals surface area contributed by atoms with Crippen molar-refractivity contribution in [3.05, 3.63) is 59.4 Å². The maximum Gasteiger partial charge on any atom is 0.338 e. The van der Waals surface area contributed by atoms with E-state index in [9.17, 15) is 27.6 Å². The standard InChI is InChI=1S/C23H25F3N2O5/c1-3-4-5-12-32-16-8-6-15(7-9-16)23(31)33-14(2)22(30)27-13-19(29)28-18-11-10-17(24)20(25)21(18)26/h6-11,14H,3-5,12-13H2,1-2H3,(H,27,30)(H,28,29). The Morgan fingerprint density at radius 2 is 1.67 bits per heavy atom. The highest BCUT2D eigenvalue weighted by Gasteiger charge is 2.20. The Bertz CT molecular complexity index is 983. The normalized spacial score (nSPS) is 11.4. The van der Waals surface area contributed by atoms with Crippen molar-refractivity contribution in [2.75, 3.05) is 18.5 Å². The summed E-state index contributed by atoms with van der Waals surface area (Å²) in [4.78, 5) is 36.1. The van der Waals surface area contributed by atoms with Crippen LogP contribution in [0.3, 0.4) is 0 Å². The van der Waals surface area contributed by atoms with Crippen molar-refractivity contribution < 1.29 is 37.0 Å². The molecule has 2 amide bonds. The number of anilines is 1. The molecule has 0 heterocycles. The van der Waals surface area contributed by atoms with E-state index in [1.807, 2.05) is 5.32 Å². The molecule has 0 saturated heterocycles. The molecule has 0 aliphatic heterocycles. The first kappa shape index (κ1) is 25.7. The highest BCUT2D eigenvalue weighted by Crippen LogP contribution is 2.19. The van der Waals surface area contributed by atoms with Crippen LogP contribution in [0.4, 0.5) is 18.9 Å². The molecule has 1 unspecified atom stereocenters. The Morgan fingerprint density at radius 1 is 0.970 bits per heavy atom. The van der Waals surface area contributed by atoms with E-state index in [0.29, 0.717) is 18.4 Å². The van der Waals surface area contributed by atoms with Gasteiger partial charge in [-0.25, -0.2) is 18.0 Å². The SMILES string of the molecule is CCCCCOc1ccc(C(=O)OC(C)C(=O)NCC(=O)Nc2ccc(F)c(F)c2F)cc1. The van der Waals surface area contributed by atoms with Gasteiger partial charge < -0.3 is 20.1 Å². The summed E-state index contributed by atoms with van der Waals surface area (Å²) in [5.41, 5.74) is -0.368. The molecule has 0 saturated carbocycles. The highest BCUT2D eigenvalue weighted by atomic mass is 19.2. The minimum atomic E-state index is -1.73. The van der Waals surface area contributed by atoms with E-state index in [2.05, 4.69) is 12.2 Å². The number of ether oxygens (including phenoxy) is 2. The molecule has 0 aromatic heterocycles. The summed E-state index contributed by atoms with van der Waals surface area (Å²) in [6.07, 6.45) is 1.85. The van der Waals surface area contributed by atoms with Gasteiger partial charge in [0, 0.05) is 0 Å². The van der Waals surface area contributed by atoms with Crippen LogP contribution in [-0.4, -0.2) is 37.0 Å². The van der Waals surface area contributed by atoms with Gasteiger partial charge in [0.2, 0.25) is 5.91 Å². The molecule has 2 aromatic rings. The van der Waals surface area contributed by atoms with E-state index >= 15 is 0 Å². The number of esters is 1. The van der Waals surface area contributed by atoms with E-state index in [4.69, 9.17) is 9.47 Å². The number of carbonyl (C=O) groups excluding carboxylic acids is 3. The quantitative estimate of drug-likeness (QED) is 0.297. The fourth-order valence-corrected chi connectivity index (χ4v) is 2.64. The number of nitrogens with one attached hydrogen (secondary N) is 2. The van der Waals surface area contributed by atoms with Crippen molar-refractivity contribution >= 4 is 23.5 Å². The Kier molecular flexibility index (Phi) is 9.71. The van der Waals surface area contributed by atoms with Crippen LogP contribution in [0.15, 0.2) is 36.4 Å². The van der Waals surface area contributed by atoms with Crippen LogP contribution in [0.5, 0.6) is 5.75 Å². The van der Waals surface area contributed by atoms with Crippen LogP contribution in [0.1, 0.15) is 43.5 Å². The monoisotopic (exact) mass is 466 g/mol. The van der Waals surface area contributed by atoms with Crippen LogP contribution >= 0.6 is 0 Å². The van der Waals surface area contributed by atoms with E-state index in [1.54, 1.807) is 12.1 Å². The Morgan fingerprint density at radius 3 is 2.33 bits per heavy atom. The largest absolute Gasteiger partial charge is 0.494 e. The van der Waals surface area contributed by atoms with Gasteiger partial charge in [-0.1, -0.05) is 19.8 Å². The van der Waals surface area contributed by atoms with Gasteiger partial charge in [0.15, 0.2) is 23.6 Å². The fraction of sp³-hybridized carbons (Fsp3) is 0.348. The van der Waals surface area contributed by atoms with Crippen LogP contribution in [0, 0.1) is 17.5 Å². The maximum absolute atomic E-state index is 13.6. The summed E-state index contributed by atoms with van der Waals surface area (Å²) in [7, 11) is 0. The van der Waals surface area contributed by atoms with Crippen molar-refractivity contribution in [1.82, 2.24) is 5.32 Å². The zero-order valence-corrected chi connectivity index (χ0v) is 18.3.